The first-order chi connectivity index (χ1) is 14.2. The third-order valence-corrected chi connectivity index (χ3v) is 6.08. The fourth-order valence-corrected chi connectivity index (χ4v) is 4.54. The highest BCUT2D eigenvalue weighted by Gasteiger charge is 2.13. The number of aromatic nitrogens is 2. The van der Waals surface area contributed by atoms with Crippen LogP contribution in [0.3, 0.4) is 0 Å². The Bertz CT molecular complexity index is 1370. The third kappa shape index (κ3) is 3.30. The Morgan fingerprint density at radius 1 is 0.897 bits per heavy atom. The van der Waals surface area contributed by atoms with E-state index >= 15 is 0 Å². The molecule has 3 aromatic carbocycles. The van der Waals surface area contributed by atoms with Crippen molar-refractivity contribution in [3.63, 3.8) is 0 Å². The molecule has 0 amide bonds. The molecule has 5 aromatic rings. The lowest BCUT2D eigenvalue weighted by molar-refractivity contribution is 0.459. The molecule has 0 atom stereocenters. The number of aromatic amines is 1. The first-order valence-corrected chi connectivity index (χ1v) is 10.7. The van der Waals surface area contributed by atoms with Crippen molar-refractivity contribution in [3.8, 4) is 22.8 Å². The molecule has 0 radical (unpaired) electrons. The maximum atomic E-state index is 10.5. The fraction of sp³-hybridized carbons (Fsp3) is 0. The molecule has 0 spiro atoms. The molecule has 0 unspecified atom stereocenters. The summed E-state index contributed by atoms with van der Waals surface area (Å²) in [5.41, 5.74) is 4.57. The van der Waals surface area contributed by atoms with Gasteiger partial charge < -0.3 is 10.1 Å². The molecular weight excluding hydrogens is 446 g/mol. The van der Waals surface area contributed by atoms with Gasteiger partial charge in [-0.05, 0) is 35.9 Å². The Hall–Kier alpha value is -3.09. The summed E-state index contributed by atoms with van der Waals surface area (Å²) in [6, 6.07) is 26.1. The summed E-state index contributed by atoms with van der Waals surface area (Å²) < 4.78 is 3.16. The van der Waals surface area contributed by atoms with Crippen LogP contribution in [0, 0.1) is 0 Å². The van der Waals surface area contributed by atoms with Crippen LogP contribution in [0.25, 0.3) is 27.8 Å². The minimum Gasteiger partial charge on any atom is -0.493 e. The molecule has 0 bridgehead atoms. The summed E-state index contributed by atoms with van der Waals surface area (Å²) in [4.78, 5) is 8.65. The van der Waals surface area contributed by atoms with Crippen molar-refractivity contribution in [2.45, 2.75) is 0 Å². The lowest BCUT2D eigenvalue weighted by Crippen LogP contribution is -2.13. The zero-order valence-corrected chi connectivity index (χ0v) is 17.6. The second kappa shape index (κ2) is 7.39. The summed E-state index contributed by atoms with van der Waals surface area (Å²) in [6.45, 7) is 0. The minimum atomic E-state index is 0.0735. The number of thiazole rings is 1. The van der Waals surface area contributed by atoms with E-state index in [9.17, 15) is 5.11 Å². The Morgan fingerprint density at radius 3 is 2.41 bits per heavy atom. The number of halogens is 1. The van der Waals surface area contributed by atoms with Gasteiger partial charge in [-0.2, -0.15) is 0 Å². The van der Waals surface area contributed by atoms with Gasteiger partial charge in [-0.3, -0.25) is 4.57 Å². The van der Waals surface area contributed by atoms with Crippen LogP contribution in [-0.2, 0) is 0 Å². The van der Waals surface area contributed by atoms with Gasteiger partial charge in [-0.15, -0.1) is 11.3 Å². The van der Waals surface area contributed by atoms with Gasteiger partial charge in [0, 0.05) is 20.9 Å². The van der Waals surface area contributed by atoms with E-state index in [-0.39, 0.29) is 5.88 Å². The van der Waals surface area contributed by atoms with Gasteiger partial charge in [-0.25, -0.2) is 4.99 Å². The molecule has 2 aromatic heterocycles. The Kier molecular flexibility index (Phi) is 4.58. The summed E-state index contributed by atoms with van der Waals surface area (Å²) in [5, 5.41) is 13.4. The summed E-state index contributed by atoms with van der Waals surface area (Å²) >= 11 is 5.05. The average Bonchev–Trinajstić information content (AvgIpc) is 3.31. The number of nitrogens with one attached hydrogen (secondary N) is 1. The van der Waals surface area contributed by atoms with E-state index < -0.39 is 0 Å². The number of fused-ring (bicyclic) bond motifs is 1. The summed E-state index contributed by atoms with van der Waals surface area (Å²) in [6.07, 6.45) is 0. The lowest BCUT2D eigenvalue weighted by atomic mass is 10.1. The standard InChI is InChI=1S/C23H16BrN3OS/c24-16-12-10-15(11-13-16)20-14-29-23(27(20)17-6-2-1-3-7-17)26-21-18-8-4-5-9-19(18)25-22(21)28/h1-14,25,28H. The van der Waals surface area contributed by atoms with Crippen LogP contribution in [0.15, 0.2) is 93.7 Å². The largest absolute Gasteiger partial charge is 0.493 e. The van der Waals surface area contributed by atoms with Crippen molar-refractivity contribution in [2.75, 3.05) is 0 Å². The van der Waals surface area contributed by atoms with E-state index in [1.165, 1.54) is 0 Å². The van der Waals surface area contributed by atoms with Crippen molar-refractivity contribution >= 4 is 43.9 Å². The zero-order valence-electron chi connectivity index (χ0n) is 15.2. The number of benzene rings is 3. The highest BCUT2D eigenvalue weighted by atomic mass is 79.9. The monoisotopic (exact) mass is 461 g/mol. The highest BCUT2D eigenvalue weighted by Crippen LogP contribution is 2.35. The first kappa shape index (κ1) is 18.0. The quantitative estimate of drug-likeness (QED) is 0.321. The normalized spacial score (nSPS) is 12.0. The summed E-state index contributed by atoms with van der Waals surface area (Å²) in [7, 11) is 0. The van der Waals surface area contributed by atoms with E-state index in [2.05, 4.69) is 55.1 Å². The van der Waals surface area contributed by atoms with Crippen molar-refractivity contribution in [1.29, 1.82) is 0 Å². The topological polar surface area (TPSA) is 53.3 Å². The van der Waals surface area contributed by atoms with Crippen molar-refractivity contribution < 1.29 is 5.11 Å². The van der Waals surface area contributed by atoms with Crippen LogP contribution < -0.4 is 4.80 Å². The molecule has 29 heavy (non-hydrogen) atoms. The lowest BCUT2D eigenvalue weighted by Gasteiger charge is -2.09. The van der Waals surface area contributed by atoms with Crippen molar-refractivity contribution in [1.82, 2.24) is 9.55 Å². The van der Waals surface area contributed by atoms with Crippen molar-refractivity contribution in [3.05, 3.63) is 93.5 Å². The van der Waals surface area contributed by atoms with Gasteiger partial charge >= 0.3 is 0 Å². The predicted molar refractivity (Wildman–Crippen MR) is 122 cm³/mol. The zero-order chi connectivity index (χ0) is 19.8. The highest BCUT2D eigenvalue weighted by molar-refractivity contribution is 9.10. The second-order valence-electron chi connectivity index (χ2n) is 6.56. The van der Waals surface area contributed by atoms with Gasteiger partial charge in [0.25, 0.3) is 0 Å². The van der Waals surface area contributed by atoms with E-state index in [1.807, 2.05) is 54.6 Å². The number of aromatic hydroxyl groups is 1. The maximum Gasteiger partial charge on any atom is 0.216 e. The molecule has 0 saturated carbocycles. The molecule has 0 aliphatic heterocycles. The molecule has 2 N–H and O–H groups in total. The van der Waals surface area contributed by atoms with E-state index in [0.717, 1.165) is 37.1 Å². The number of para-hydroxylation sites is 2. The van der Waals surface area contributed by atoms with Gasteiger partial charge in [0.15, 0.2) is 4.80 Å². The van der Waals surface area contributed by atoms with E-state index in [1.54, 1.807) is 11.3 Å². The van der Waals surface area contributed by atoms with Gasteiger partial charge in [-0.1, -0.05) is 64.5 Å². The van der Waals surface area contributed by atoms with E-state index in [4.69, 9.17) is 4.99 Å². The number of nitrogens with zero attached hydrogens (tertiary/aromatic N) is 2. The SMILES string of the molecule is Oc1[nH]c2ccccc2c1N=c1scc(-c2ccc(Br)cc2)n1-c1ccccc1. The van der Waals surface area contributed by atoms with Crippen LogP contribution in [0.2, 0.25) is 0 Å². The Balaban J connectivity index is 1.78. The number of rotatable bonds is 3. The van der Waals surface area contributed by atoms with Gasteiger partial charge in [0.05, 0.1) is 11.2 Å². The molecule has 2 heterocycles. The fourth-order valence-electron chi connectivity index (χ4n) is 3.36. The van der Waals surface area contributed by atoms with Crippen LogP contribution in [0.4, 0.5) is 5.69 Å². The number of hydrogen-bond acceptors (Lipinski definition) is 3. The molecule has 142 valence electrons. The van der Waals surface area contributed by atoms with Crippen LogP contribution in [0.5, 0.6) is 5.88 Å². The van der Waals surface area contributed by atoms with Gasteiger partial charge in [0.2, 0.25) is 5.88 Å². The molecule has 6 heteroatoms. The van der Waals surface area contributed by atoms with Crippen molar-refractivity contribution in [2.24, 2.45) is 4.99 Å². The van der Waals surface area contributed by atoms with Crippen LogP contribution in [0.1, 0.15) is 0 Å². The molecule has 0 aliphatic carbocycles. The predicted octanol–water partition coefficient (Wildman–Crippen LogP) is 6.39. The summed E-state index contributed by atoms with van der Waals surface area (Å²) in [5.74, 6) is 0.0735. The van der Waals surface area contributed by atoms with E-state index in [0.29, 0.717) is 5.69 Å². The Morgan fingerprint density at radius 2 is 1.62 bits per heavy atom. The molecule has 5 rings (SSSR count). The Labute approximate surface area is 179 Å². The number of H-pyrrole nitrogens is 1. The average molecular weight is 462 g/mol. The molecule has 0 aliphatic rings. The second-order valence-corrected chi connectivity index (χ2v) is 8.31. The first-order valence-electron chi connectivity index (χ1n) is 9.07. The molecular formula is C23H16BrN3OS. The minimum absolute atomic E-state index is 0.0735. The van der Waals surface area contributed by atoms with Gasteiger partial charge in [0.1, 0.15) is 5.69 Å². The third-order valence-electron chi connectivity index (χ3n) is 4.73. The smallest absolute Gasteiger partial charge is 0.216 e. The maximum absolute atomic E-state index is 10.5. The number of hydrogen-bond donors (Lipinski definition) is 2. The molecule has 4 nitrogen and oxygen atoms in total. The molecule has 0 saturated heterocycles. The molecule has 0 fully saturated rings. The van der Waals surface area contributed by atoms with Crippen LogP contribution >= 0.6 is 27.3 Å². The van der Waals surface area contributed by atoms with Crippen LogP contribution in [-0.4, -0.2) is 14.7 Å².